The smallest absolute Gasteiger partial charge is 0.138 e. The predicted octanol–water partition coefficient (Wildman–Crippen LogP) is 5.43. The topological polar surface area (TPSA) is 47.1 Å². The van der Waals surface area contributed by atoms with E-state index in [-0.39, 0.29) is 0 Å². The highest BCUT2D eigenvalue weighted by Crippen LogP contribution is 2.34. The highest BCUT2D eigenvalue weighted by molar-refractivity contribution is 5.81. The van der Waals surface area contributed by atoms with E-state index in [9.17, 15) is 0 Å². The zero-order chi connectivity index (χ0) is 18.6. The summed E-state index contributed by atoms with van der Waals surface area (Å²) in [6.07, 6.45) is 0. The molecule has 4 rings (SSSR count). The molecule has 4 heteroatoms. The Morgan fingerprint density at radius 3 is 1.74 bits per heavy atom. The van der Waals surface area contributed by atoms with Gasteiger partial charge in [-0.15, -0.1) is 0 Å². The molecule has 3 aromatic carbocycles. The van der Waals surface area contributed by atoms with Crippen LogP contribution in [-0.4, -0.2) is 24.2 Å². The van der Waals surface area contributed by atoms with Crippen LogP contribution in [0.3, 0.4) is 0 Å². The van der Waals surface area contributed by atoms with Gasteiger partial charge in [0.1, 0.15) is 17.3 Å². The molecule has 0 fully saturated rings. The van der Waals surface area contributed by atoms with Crippen molar-refractivity contribution < 1.29 is 9.47 Å². The third-order valence-corrected chi connectivity index (χ3v) is 4.49. The minimum Gasteiger partial charge on any atom is -0.497 e. The van der Waals surface area contributed by atoms with Gasteiger partial charge in [0.2, 0.25) is 0 Å². The second-order valence-electron chi connectivity index (χ2n) is 6.13. The Labute approximate surface area is 158 Å². The van der Waals surface area contributed by atoms with Crippen molar-refractivity contribution >= 4 is 0 Å². The molecule has 0 unspecified atom stereocenters. The van der Waals surface area contributed by atoms with Crippen LogP contribution in [0.5, 0.6) is 11.5 Å². The second-order valence-corrected chi connectivity index (χ2v) is 6.13. The van der Waals surface area contributed by atoms with Gasteiger partial charge < -0.3 is 14.5 Å². The minimum atomic E-state index is 0.822. The first kappa shape index (κ1) is 16.9. The molecule has 0 aliphatic heterocycles. The molecule has 1 aromatic heterocycles. The number of rotatable bonds is 5. The lowest BCUT2D eigenvalue weighted by Crippen LogP contribution is -1.85. The molecular formula is C23H20N2O2. The van der Waals surface area contributed by atoms with E-state index in [0.717, 1.165) is 45.4 Å². The molecule has 4 nitrogen and oxygen atoms in total. The second kappa shape index (κ2) is 7.38. The predicted molar refractivity (Wildman–Crippen MR) is 108 cm³/mol. The largest absolute Gasteiger partial charge is 0.497 e. The number of nitrogens with one attached hydrogen (secondary N) is 1. The van der Waals surface area contributed by atoms with Gasteiger partial charge in [-0.2, -0.15) is 0 Å². The maximum Gasteiger partial charge on any atom is 0.138 e. The number of hydrogen-bond acceptors (Lipinski definition) is 3. The van der Waals surface area contributed by atoms with Crippen molar-refractivity contribution in [3.8, 4) is 45.4 Å². The molecule has 0 aliphatic rings. The molecule has 0 radical (unpaired) electrons. The Morgan fingerprint density at radius 1 is 0.630 bits per heavy atom. The molecular weight excluding hydrogens is 336 g/mol. The van der Waals surface area contributed by atoms with Gasteiger partial charge in [-0.05, 0) is 48.5 Å². The lowest BCUT2D eigenvalue weighted by molar-refractivity contribution is 0.415. The first-order chi connectivity index (χ1) is 13.3. The van der Waals surface area contributed by atoms with E-state index >= 15 is 0 Å². The first-order valence-electron chi connectivity index (χ1n) is 8.73. The van der Waals surface area contributed by atoms with Crippen molar-refractivity contribution in [2.24, 2.45) is 0 Å². The summed E-state index contributed by atoms with van der Waals surface area (Å²) in [5.41, 5.74) is 5.04. The molecule has 1 N–H and O–H groups in total. The van der Waals surface area contributed by atoms with Crippen LogP contribution in [0.4, 0.5) is 0 Å². The van der Waals surface area contributed by atoms with Crippen LogP contribution in [0, 0.1) is 0 Å². The molecule has 0 atom stereocenters. The summed E-state index contributed by atoms with van der Waals surface area (Å²) in [4.78, 5) is 8.39. The molecule has 0 amide bonds. The van der Waals surface area contributed by atoms with E-state index in [0.29, 0.717) is 0 Å². The summed E-state index contributed by atoms with van der Waals surface area (Å²) in [5.74, 6) is 2.47. The number of aromatic nitrogens is 2. The van der Waals surface area contributed by atoms with Crippen molar-refractivity contribution in [3.05, 3.63) is 78.9 Å². The van der Waals surface area contributed by atoms with Gasteiger partial charge in [-0.25, -0.2) is 4.98 Å². The van der Waals surface area contributed by atoms with Crippen molar-refractivity contribution in [3.63, 3.8) is 0 Å². The zero-order valence-electron chi connectivity index (χ0n) is 15.3. The van der Waals surface area contributed by atoms with Crippen LogP contribution in [-0.2, 0) is 0 Å². The molecule has 1 heterocycles. The van der Waals surface area contributed by atoms with Crippen molar-refractivity contribution in [1.29, 1.82) is 0 Å². The summed E-state index contributed by atoms with van der Waals surface area (Å²) in [6.45, 7) is 0. The summed E-state index contributed by atoms with van der Waals surface area (Å²) >= 11 is 0. The molecule has 0 saturated heterocycles. The molecule has 27 heavy (non-hydrogen) atoms. The minimum absolute atomic E-state index is 0.822. The molecule has 0 spiro atoms. The fourth-order valence-electron chi connectivity index (χ4n) is 3.03. The number of imidazole rings is 1. The maximum atomic E-state index is 5.28. The number of aromatic amines is 1. The van der Waals surface area contributed by atoms with E-state index in [1.165, 1.54) is 0 Å². The van der Waals surface area contributed by atoms with Crippen LogP contribution in [0.2, 0.25) is 0 Å². The van der Waals surface area contributed by atoms with E-state index in [1.54, 1.807) is 14.2 Å². The Kier molecular flexibility index (Phi) is 4.62. The van der Waals surface area contributed by atoms with E-state index < -0.39 is 0 Å². The standard InChI is InChI=1S/C23H20N2O2/c1-26-19-12-8-17(9-13-19)22-21(16-6-4-3-5-7-16)24-23(25-22)18-10-14-20(27-2)15-11-18/h3-15H,1-2H3,(H,24,25). The molecule has 0 bridgehead atoms. The van der Waals surface area contributed by atoms with Crippen molar-refractivity contribution in [2.75, 3.05) is 14.2 Å². The molecule has 4 aromatic rings. The third kappa shape index (κ3) is 3.42. The van der Waals surface area contributed by atoms with E-state index in [1.807, 2.05) is 66.7 Å². The fraction of sp³-hybridized carbons (Fsp3) is 0.0870. The number of nitrogens with zero attached hydrogens (tertiary/aromatic N) is 1. The van der Waals surface area contributed by atoms with E-state index in [4.69, 9.17) is 14.5 Å². The van der Waals surface area contributed by atoms with Gasteiger partial charge in [-0.3, -0.25) is 0 Å². The van der Waals surface area contributed by atoms with Crippen LogP contribution in [0.1, 0.15) is 0 Å². The molecule has 0 saturated carbocycles. The highest BCUT2D eigenvalue weighted by Gasteiger charge is 2.15. The number of hydrogen-bond donors (Lipinski definition) is 1. The van der Waals surface area contributed by atoms with Crippen molar-refractivity contribution in [1.82, 2.24) is 9.97 Å². The van der Waals surface area contributed by atoms with Crippen LogP contribution in [0.25, 0.3) is 33.9 Å². The Hall–Kier alpha value is -3.53. The van der Waals surface area contributed by atoms with Crippen LogP contribution in [0.15, 0.2) is 78.9 Å². The summed E-state index contributed by atoms with van der Waals surface area (Å²) in [7, 11) is 3.33. The molecule has 134 valence electrons. The fourth-order valence-corrected chi connectivity index (χ4v) is 3.03. The monoisotopic (exact) mass is 356 g/mol. The Morgan fingerprint density at radius 2 is 1.19 bits per heavy atom. The molecule has 0 aliphatic carbocycles. The highest BCUT2D eigenvalue weighted by atomic mass is 16.5. The van der Waals surface area contributed by atoms with Gasteiger partial charge in [0.15, 0.2) is 0 Å². The Bertz CT molecular complexity index is 1020. The third-order valence-electron chi connectivity index (χ3n) is 4.49. The number of H-pyrrole nitrogens is 1. The average molecular weight is 356 g/mol. The summed E-state index contributed by atoms with van der Waals surface area (Å²) in [5, 5.41) is 0. The number of benzene rings is 3. The lowest BCUT2D eigenvalue weighted by Gasteiger charge is -2.04. The SMILES string of the molecule is COc1ccc(-c2nc(-c3ccccc3)c(-c3ccc(OC)cc3)[nH]2)cc1. The average Bonchev–Trinajstić information content (AvgIpc) is 3.20. The van der Waals surface area contributed by atoms with Gasteiger partial charge in [0.05, 0.1) is 25.6 Å². The summed E-state index contributed by atoms with van der Waals surface area (Å²) in [6, 6.07) is 26.1. The normalized spacial score (nSPS) is 10.6. The quantitative estimate of drug-likeness (QED) is 0.519. The van der Waals surface area contributed by atoms with Gasteiger partial charge in [0.25, 0.3) is 0 Å². The van der Waals surface area contributed by atoms with Gasteiger partial charge >= 0.3 is 0 Å². The zero-order valence-corrected chi connectivity index (χ0v) is 15.3. The number of methoxy groups -OCH3 is 2. The van der Waals surface area contributed by atoms with Crippen LogP contribution >= 0.6 is 0 Å². The Balaban J connectivity index is 1.83. The van der Waals surface area contributed by atoms with Gasteiger partial charge in [0, 0.05) is 16.7 Å². The van der Waals surface area contributed by atoms with Crippen LogP contribution < -0.4 is 9.47 Å². The van der Waals surface area contributed by atoms with Crippen molar-refractivity contribution in [2.45, 2.75) is 0 Å². The van der Waals surface area contributed by atoms with E-state index in [2.05, 4.69) is 17.1 Å². The number of ether oxygens (including phenoxy) is 2. The van der Waals surface area contributed by atoms with Gasteiger partial charge in [-0.1, -0.05) is 30.3 Å². The first-order valence-corrected chi connectivity index (χ1v) is 8.73. The summed E-state index contributed by atoms with van der Waals surface area (Å²) < 4.78 is 10.5. The maximum absolute atomic E-state index is 5.28. The lowest BCUT2D eigenvalue weighted by atomic mass is 10.1.